The molecule has 0 aromatic heterocycles. The van der Waals surface area contributed by atoms with E-state index in [0.717, 1.165) is 5.56 Å². The Bertz CT molecular complexity index is 784. The van der Waals surface area contributed by atoms with Crippen LogP contribution in [-0.4, -0.2) is 25.1 Å². The van der Waals surface area contributed by atoms with Gasteiger partial charge in [0.1, 0.15) is 11.8 Å². The molecular weight excluding hydrogens is 344 g/mol. The monoisotopic (exact) mass is 358 g/mol. The maximum atomic E-state index is 11.7. The van der Waals surface area contributed by atoms with Gasteiger partial charge in [0.2, 0.25) is 0 Å². The van der Waals surface area contributed by atoms with E-state index in [2.05, 4.69) is 5.32 Å². The van der Waals surface area contributed by atoms with Crippen molar-refractivity contribution in [1.82, 2.24) is 5.32 Å². The van der Waals surface area contributed by atoms with E-state index in [-0.39, 0.29) is 12.4 Å². The predicted molar refractivity (Wildman–Crippen MR) is 90.9 cm³/mol. The van der Waals surface area contributed by atoms with E-state index in [1.54, 1.807) is 48.5 Å². The first-order valence-electron chi connectivity index (χ1n) is 7.37. The third-order valence-electron chi connectivity index (χ3n) is 3.12. The zero-order valence-corrected chi connectivity index (χ0v) is 14.0. The van der Waals surface area contributed by atoms with Crippen LogP contribution in [0.4, 0.5) is 0 Å². The minimum Gasteiger partial charge on any atom is -0.481 e. The van der Waals surface area contributed by atoms with Gasteiger partial charge in [0.25, 0.3) is 5.91 Å². The molecule has 0 aliphatic rings. The molecule has 0 unspecified atom stereocenters. The average Bonchev–Trinajstić information content (AvgIpc) is 2.64. The molecule has 0 saturated heterocycles. The van der Waals surface area contributed by atoms with E-state index in [1.807, 2.05) is 6.07 Å². The normalized spacial score (nSPS) is 9.76. The van der Waals surface area contributed by atoms with E-state index in [0.29, 0.717) is 17.1 Å². The predicted octanol–water partition coefficient (Wildman–Crippen LogP) is 2.45. The fourth-order valence-corrected chi connectivity index (χ4v) is 1.99. The fraction of sp³-hybridized carbons (Fsp3) is 0.167. The van der Waals surface area contributed by atoms with Gasteiger partial charge in [-0.15, -0.1) is 0 Å². The van der Waals surface area contributed by atoms with Crippen LogP contribution in [0.1, 0.15) is 11.1 Å². The molecule has 0 heterocycles. The molecule has 0 aliphatic heterocycles. The van der Waals surface area contributed by atoms with E-state index in [1.165, 1.54) is 0 Å². The van der Waals surface area contributed by atoms with Crippen LogP contribution in [0.3, 0.4) is 0 Å². The lowest BCUT2D eigenvalue weighted by molar-refractivity contribution is -0.150. The van der Waals surface area contributed by atoms with Gasteiger partial charge in [-0.1, -0.05) is 35.9 Å². The van der Waals surface area contributed by atoms with Gasteiger partial charge in [0.05, 0.1) is 5.56 Å². The number of para-hydroxylation sites is 1. The molecule has 2 aromatic rings. The molecule has 128 valence electrons. The Morgan fingerprint density at radius 3 is 2.52 bits per heavy atom. The Morgan fingerprint density at radius 1 is 1.08 bits per heavy atom. The van der Waals surface area contributed by atoms with Crippen molar-refractivity contribution in [2.45, 2.75) is 6.54 Å². The summed E-state index contributed by atoms with van der Waals surface area (Å²) in [5, 5.41) is 12.2. The van der Waals surface area contributed by atoms with Gasteiger partial charge in [-0.3, -0.25) is 4.79 Å². The summed E-state index contributed by atoms with van der Waals surface area (Å²) in [4.78, 5) is 23.3. The van der Waals surface area contributed by atoms with E-state index < -0.39 is 18.5 Å². The quantitative estimate of drug-likeness (QED) is 0.768. The molecule has 2 aromatic carbocycles. The van der Waals surface area contributed by atoms with E-state index >= 15 is 0 Å². The summed E-state index contributed by atoms with van der Waals surface area (Å²) in [5.41, 5.74) is 1.19. The molecule has 6 nitrogen and oxygen atoms in total. The van der Waals surface area contributed by atoms with Crippen molar-refractivity contribution >= 4 is 23.5 Å². The third-order valence-corrected chi connectivity index (χ3v) is 3.37. The highest BCUT2D eigenvalue weighted by Gasteiger charge is 2.10. The van der Waals surface area contributed by atoms with Crippen LogP contribution in [0.5, 0.6) is 5.75 Å². The lowest BCUT2D eigenvalue weighted by Gasteiger charge is -2.08. The number of nitrogens with zero attached hydrogens (tertiary/aromatic N) is 1. The maximum absolute atomic E-state index is 11.7. The smallest absolute Gasteiger partial charge is 0.344 e. The van der Waals surface area contributed by atoms with Gasteiger partial charge < -0.3 is 14.8 Å². The Morgan fingerprint density at radius 2 is 1.80 bits per heavy atom. The number of halogens is 1. The van der Waals surface area contributed by atoms with Crippen LogP contribution in [0, 0.1) is 11.3 Å². The number of amides is 1. The molecule has 2 rings (SSSR count). The summed E-state index contributed by atoms with van der Waals surface area (Å²) in [6, 6.07) is 15.5. The van der Waals surface area contributed by atoms with Crippen LogP contribution < -0.4 is 10.1 Å². The molecule has 1 N–H and O–H groups in total. The Labute approximate surface area is 149 Å². The Kier molecular flexibility index (Phi) is 6.81. The van der Waals surface area contributed by atoms with Crippen LogP contribution in [0.25, 0.3) is 0 Å². The van der Waals surface area contributed by atoms with Crippen LogP contribution >= 0.6 is 11.6 Å². The number of carbonyl (C=O) groups is 2. The number of nitriles is 1. The van der Waals surface area contributed by atoms with Crippen LogP contribution in [0.15, 0.2) is 48.5 Å². The molecule has 0 fully saturated rings. The third kappa shape index (κ3) is 6.16. The second-order valence-electron chi connectivity index (χ2n) is 4.96. The molecule has 0 saturated carbocycles. The molecule has 0 atom stereocenters. The summed E-state index contributed by atoms with van der Waals surface area (Å²) >= 11 is 5.78. The van der Waals surface area contributed by atoms with Crippen molar-refractivity contribution in [1.29, 1.82) is 5.26 Å². The number of nitrogens with one attached hydrogen (secondary N) is 1. The summed E-state index contributed by atoms with van der Waals surface area (Å²) < 4.78 is 10.0. The van der Waals surface area contributed by atoms with Gasteiger partial charge >= 0.3 is 5.97 Å². The van der Waals surface area contributed by atoms with Crippen LogP contribution in [0.2, 0.25) is 5.02 Å². The minimum absolute atomic E-state index is 0.286. The first-order valence-corrected chi connectivity index (χ1v) is 7.75. The van der Waals surface area contributed by atoms with Gasteiger partial charge in [-0.05, 0) is 29.8 Å². The highest BCUT2D eigenvalue weighted by molar-refractivity contribution is 6.30. The Balaban J connectivity index is 1.69. The fourth-order valence-electron chi connectivity index (χ4n) is 1.86. The molecule has 0 aliphatic carbocycles. The standard InChI is InChI=1S/C18H15ClN2O4/c19-15-7-5-13(6-8-15)10-21-17(22)11-25-18(23)12-24-16-4-2-1-3-14(16)9-20/h1-8H,10-12H2,(H,21,22). The lowest BCUT2D eigenvalue weighted by atomic mass is 10.2. The molecular formula is C18H15ClN2O4. The topological polar surface area (TPSA) is 88.4 Å². The molecule has 0 bridgehead atoms. The zero-order valence-electron chi connectivity index (χ0n) is 13.2. The molecule has 25 heavy (non-hydrogen) atoms. The number of esters is 1. The van der Waals surface area contributed by atoms with Gasteiger partial charge in [0.15, 0.2) is 13.2 Å². The van der Waals surface area contributed by atoms with Gasteiger partial charge in [0, 0.05) is 11.6 Å². The number of benzene rings is 2. The number of hydrogen-bond donors (Lipinski definition) is 1. The largest absolute Gasteiger partial charge is 0.481 e. The van der Waals surface area contributed by atoms with Gasteiger partial charge in [-0.25, -0.2) is 4.79 Å². The molecule has 7 heteroatoms. The number of ether oxygens (including phenoxy) is 2. The lowest BCUT2D eigenvalue weighted by Crippen LogP contribution is -2.29. The van der Waals surface area contributed by atoms with Gasteiger partial charge in [-0.2, -0.15) is 5.26 Å². The minimum atomic E-state index is -0.700. The van der Waals surface area contributed by atoms with E-state index in [4.69, 9.17) is 26.3 Å². The second kappa shape index (κ2) is 9.30. The van der Waals surface area contributed by atoms with Crippen molar-refractivity contribution in [2.24, 2.45) is 0 Å². The Hall–Kier alpha value is -3.04. The highest BCUT2D eigenvalue weighted by Crippen LogP contribution is 2.16. The van der Waals surface area contributed by atoms with Crippen molar-refractivity contribution in [2.75, 3.05) is 13.2 Å². The van der Waals surface area contributed by atoms with Crippen molar-refractivity contribution in [3.63, 3.8) is 0 Å². The number of carbonyl (C=O) groups excluding carboxylic acids is 2. The van der Waals surface area contributed by atoms with Crippen molar-refractivity contribution in [3.05, 3.63) is 64.7 Å². The first-order chi connectivity index (χ1) is 12.1. The van der Waals surface area contributed by atoms with Crippen LogP contribution in [-0.2, 0) is 20.9 Å². The van der Waals surface area contributed by atoms with Crippen molar-refractivity contribution in [3.8, 4) is 11.8 Å². The number of hydrogen-bond acceptors (Lipinski definition) is 5. The molecule has 1 amide bonds. The highest BCUT2D eigenvalue weighted by atomic mass is 35.5. The molecule has 0 spiro atoms. The summed E-state index contributed by atoms with van der Waals surface area (Å²) in [6.45, 7) is -0.488. The molecule has 0 radical (unpaired) electrons. The second-order valence-corrected chi connectivity index (χ2v) is 5.40. The summed E-state index contributed by atoms with van der Waals surface area (Å²) in [6.07, 6.45) is 0. The number of rotatable bonds is 7. The summed E-state index contributed by atoms with van der Waals surface area (Å²) in [5.74, 6) is -0.843. The zero-order chi connectivity index (χ0) is 18.1. The summed E-state index contributed by atoms with van der Waals surface area (Å²) in [7, 11) is 0. The average molecular weight is 359 g/mol. The maximum Gasteiger partial charge on any atom is 0.344 e. The van der Waals surface area contributed by atoms with Crippen molar-refractivity contribution < 1.29 is 19.1 Å². The first kappa shape index (κ1) is 18.3. The van der Waals surface area contributed by atoms with E-state index in [9.17, 15) is 9.59 Å². The SMILES string of the molecule is N#Cc1ccccc1OCC(=O)OCC(=O)NCc1ccc(Cl)cc1.